The van der Waals surface area contributed by atoms with E-state index >= 15 is 0 Å². The van der Waals surface area contributed by atoms with E-state index in [4.69, 9.17) is 0 Å². The van der Waals surface area contributed by atoms with Crippen molar-refractivity contribution >= 4 is 8.07 Å². The Labute approximate surface area is 93.3 Å². The minimum absolute atomic E-state index is 0.540. The maximum absolute atomic E-state index is 2.42. The van der Waals surface area contributed by atoms with Gasteiger partial charge in [0.2, 0.25) is 0 Å². The molecule has 15 heavy (non-hydrogen) atoms. The maximum atomic E-state index is 2.42. The van der Waals surface area contributed by atoms with Crippen molar-refractivity contribution in [2.24, 2.45) is 0 Å². The van der Waals surface area contributed by atoms with E-state index in [1.54, 1.807) is 5.20 Å². The maximum Gasteiger partial charge on any atom is 0.0736 e. The second-order valence-corrected chi connectivity index (χ2v) is 10.2. The van der Waals surface area contributed by atoms with Gasteiger partial charge < -0.3 is 0 Å². The number of benzene rings is 1. The van der Waals surface area contributed by atoms with Crippen LogP contribution in [0.3, 0.4) is 0 Å². The van der Waals surface area contributed by atoms with E-state index in [9.17, 15) is 0 Å². The lowest BCUT2D eigenvalue weighted by Crippen LogP contribution is -2.26. The van der Waals surface area contributed by atoms with E-state index in [0.717, 1.165) is 0 Å². The zero-order chi connectivity index (χ0) is 10.9. The SMILES string of the molecule is C[Si](C)(C)C1=CC=CC1c1ccccc1. The summed E-state index contributed by atoms with van der Waals surface area (Å²) in [6.07, 6.45) is 6.86. The van der Waals surface area contributed by atoms with E-state index < -0.39 is 8.07 Å². The molecule has 1 aromatic rings. The molecule has 0 fully saturated rings. The molecule has 0 saturated carbocycles. The lowest BCUT2D eigenvalue weighted by molar-refractivity contribution is 1.06. The molecular weight excluding hydrogens is 196 g/mol. The smallest absolute Gasteiger partial charge is 0.0734 e. The fraction of sp³-hybridized carbons (Fsp3) is 0.286. The second-order valence-electron chi connectivity index (χ2n) is 5.15. The molecule has 0 radical (unpaired) electrons. The van der Waals surface area contributed by atoms with Crippen LogP contribution in [-0.4, -0.2) is 8.07 Å². The Bertz CT molecular complexity index is 393. The van der Waals surface area contributed by atoms with Gasteiger partial charge in [0.05, 0.1) is 8.07 Å². The first-order valence-electron chi connectivity index (χ1n) is 5.53. The van der Waals surface area contributed by atoms with E-state index in [1.807, 2.05) is 0 Å². The zero-order valence-corrected chi connectivity index (χ0v) is 10.7. The molecule has 0 N–H and O–H groups in total. The first-order chi connectivity index (χ1) is 7.09. The summed E-state index contributed by atoms with van der Waals surface area (Å²) in [5.41, 5.74) is 1.43. The molecule has 0 nitrogen and oxygen atoms in total. The third-order valence-corrected chi connectivity index (χ3v) is 5.15. The van der Waals surface area contributed by atoms with Gasteiger partial charge in [0.25, 0.3) is 0 Å². The quantitative estimate of drug-likeness (QED) is 0.649. The summed E-state index contributed by atoms with van der Waals surface area (Å²) in [5, 5.41) is 1.65. The molecule has 78 valence electrons. The Morgan fingerprint density at radius 1 is 1.00 bits per heavy atom. The highest BCUT2D eigenvalue weighted by Crippen LogP contribution is 2.35. The van der Waals surface area contributed by atoms with Gasteiger partial charge in [-0.3, -0.25) is 0 Å². The van der Waals surface area contributed by atoms with Gasteiger partial charge in [0.1, 0.15) is 0 Å². The summed E-state index contributed by atoms with van der Waals surface area (Å²) in [6.45, 7) is 7.26. The third-order valence-electron chi connectivity index (χ3n) is 2.94. The van der Waals surface area contributed by atoms with Gasteiger partial charge in [-0.15, -0.1) is 0 Å². The summed E-state index contributed by atoms with van der Waals surface area (Å²) in [5.74, 6) is 0.540. The van der Waals surface area contributed by atoms with Gasteiger partial charge in [-0.1, -0.05) is 73.4 Å². The van der Waals surface area contributed by atoms with Gasteiger partial charge >= 0.3 is 0 Å². The normalized spacial score (nSPS) is 20.5. The number of hydrogen-bond donors (Lipinski definition) is 0. The molecule has 1 aliphatic carbocycles. The summed E-state index contributed by atoms with van der Waals surface area (Å²) < 4.78 is 0. The van der Waals surface area contributed by atoms with Crippen molar-refractivity contribution in [1.29, 1.82) is 0 Å². The molecule has 1 aromatic carbocycles. The van der Waals surface area contributed by atoms with Crippen LogP contribution < -0.4 is 0 Å². The van der Waals surface area contributed by atoms with Crippen LogP contribution in [0.2, 0.25) is 19.6 Å². The van der Waals surface area contributed by atoms with Crippen LogP contribution in [0.25, 0.3) is 0 Å². The van der Waals surface area contributed by atoms with Crippen molar-refractivity contribution in [3.05, 3.63) is 59.3 Å². The highest BCUT2D eigenvalue weighted by atomic mass is 28.3. The molecule has 1 unspecified atom stereocenters. The molecule has 1 heteroatoms. The highest BCUT2D eigenvalue weighted by molar-refractivity contribution is 6.83. The van der Waals surface area contributed by atoms with Crippen molar-refractivity contribution < 1.29 is 0 Å². The van der Waals surface area contributed by atoms with Gasteiger partial charge in [0.15, 0.2) is 0 Å². The van der Waals surface area contributed by atoms with Gasteiger partial charge in [-0.05, 0) is 5.56 Å². The largest absolute Gasteiger partial charge is 0.0736 e. The van der Waals surface area contributed by atoms with E-state index in [2.05, 4.69) is 68.2 Å². The summed E-state index contributed by atoms with van der Waals surface area (Å²) >= 11 is 0. The number of hydrogen-bond acceptors (Lipinski definition) is 0. The van der Waals surface area contributed by atoms with Crippen molar-refractivity contribution in [2.45, 2.75) is 25.6 Å². The Morgan fingerprint density at radius 3 is 2.27 bits per heavy atom. The fourth-order valence-electron chi connectivity index (χ4n) is 2.15. The van der Waals surface area contributed by atoms with Crippen molar-refractivity contribution in [3.63, 3.8) is 0 Å². The predicted octanol–water partition coefficient (Wildman–Crippen LogP) is 4.14. The van der Waals surface area contributed by atoms with Crippen molar-refractivity contribution in [3.8, 4) is 0 Å². The molecule has 1 atom stereocenters. The van der Waals surface area contributed by atoms with Gasteiger partial charge in [-0.25, -0.2) is 0 Å². The van der Waals surface area contributed by atoms with E-state index in [-0.39, 0.29) is 0 Å². The minimum atomic E-state index is -1.17. The summed E-state index contributed by atoms with van der Waals surface area (Å²) in [7, 11) is -1.17. The second kappa shape index (κ2) is 3.82. The molecule has 0 amide bonds. The Balaban J connectivity index is 2.33. The van der Waals surface area contributed by atoms with Gasteiger partial charge in [-0.2, -0.15) is 0 Å². The third kappa shape index (κ3) is 2.12. The zero-order valence-electron chi connectivity index (χ0n) is 9.70. The standard InChI is InChI=1S/C14H18Si/c1-15(2,3)14-11-7-10-13(14)12-8-5-4-6-9-12/h4-11,13H,1-3H3. The summed E-state index contributed by atoms with van der Waals surface area (Å²) in [6, 6.07) is 10.8. The van der Waals surface area contributed by atoms with Crippen LogP contribution in [0, 0.1) is 0 Å². The Morgan fingerprint density at radius 2 is 1.67 bits per heavy atom. The molecule has 0 aliphatic heterocycles. The molecule has 0 saturated heterocycles. The summed E-state index contributed by atoms with van der Waals surface area (Å²) in [4.78, 5) is 0. The number of rotatable bonds is 2. The molecule has 0 heterocycles. The van der Waals surface area contributed by atoms with Crippen LogP contribution in [0.5, 0.6) is 0 Å². The van der Waals surface area contributed by atoms with Crippen LogP contribution in [0.15, 0.2) is 53.8 Å². The first kappa shape index (κ1) is 10.4. The highest BCUT2D eigenvalue weighted by Gasteiger charge is 2.27. The van der Waals surface area contributed by atoms with Gasteiger partial charge in [0, 0.05) is 5.92 Å². The fourth-order valence-corrected chi connectivity index (χ4v) is 3.94. The predicted molar refractivity (Wildman–Crippen MR) is 69.8 cm³/mol. The van der Waals surface area contributed by atoms with Crippen molar-refractivity contribution in [2.75, 3.05) is 0 Å². The minimum Gasteiger partial charge on any atom is -0.0734 e. The number of allylic oxidation sites excluding steroid dienone is 4. The molecule has 2 rings (SSSR count). The Hall–Kier alpha value is -1.08. The molecule has 0 spiro atoms. The lowest BCUT2D eigenvalue weighted by Gasteiger charge is -2.25. The molecular formula is C14H18Si. The van der Waals surface area contributed by atoms with Crippen LogP contribution >= 0.6 is 0 Å². The van der Waals surface area contributed by atoms with E-state index in [1.165, 1.54) is 5.56 Å². The van der Waals surface area contributed by atoms with Crippen molar-refractivity contribution in [1.82, 2.24) is 0 Å². The monoisotopic (exact) mass is 214 g/mol. The van der Waals surface area contributed by atoms with Crippen LogP contribution in [-0.2, 0) is 0 Å². The Kier molecular flexibility index (Phi) is 2.66. The lowest BCUT2D eigenvalue weighted by atomic mass is 10.0. The molecule has 1 aliphatic rings. The van der Waals surface area contributed by atoms with E-state index in [0.29, 0.717) is 5.92 Å². The average Bonchev–Trinajstić information content (AvgIpc) is 2.67. The topological polar surface area (TPSA) is 0 Å². The van der Waals surface area contributed by atoms with Crippen LogP contribution in [0.4, 0.5) is 0 Å². The molecule has 0 aromatic heterocycles. The van der Waals surface area contributed by atoms with Crippen LogP contribution in [0.1, 0.15) is 11.5 Å². The first-order valence-corrected chi connectivity index (χ1v) is 9.03. The molecule has 0 bridgehead atoms. The average molecular weight is 214 g/mol.